The molecule has 0 aromatic heterocycles. The molecule has 0 fully saturated rings. The van der Waals surface area contributed by atoms with Gasteiger partial charge in [-0.25, -0.2) is 4.79 Å². The molecule has 0 heterocycles. The van der Waals surface area contributed by atoms with E-state index in [1.165, 1.54) is 7.11 Å². The maximum Gasteiger partial charge on any atom is 0.333 e. The third-order valence-electron chi connectivity index (χ3n) is 1.87. The quantitative estimate of drug-likeness (QED) is 0.383. The second-order valence-corrected chi connectivity index (χ2v) is 3.59. The SMILES string of the molecule is CCC(=CC=CCC(C)C)C(=O)OC. The molecular weight excluding hydrogens is 176 g/mol. The van der Waals surface area contributed by atoms with Crippen LogP contribution in [-0.2, 0) is 9.53 Å². The smallest absolute Gasteiger partial charge is 0.333 e. The summed E-state index contributed by atoms with van der Waals surface area (Å²) in [6, 6.07) is 0. The van der Waals surface area contributed by atoms with Gasteiger partial charge in [-0.15, -0.1) is 0 Å². The van der Waals surface area contributed by atoms with Gasteiger partial charge < -0.3 is 4.74 Å². The van der Waals surface area contributed by atoms with Gasteiger partial charge >= 0.3 is 5.97 Å². The van der Waals surface area contributed by atoms with Crippen LogP contribution in [0.25, 0.3) is 0 Å². The van der Waals surface area contributed by atoms with Crippen molar-refractivity contribution in [2.75, 3.05) is 7.11 Å². The van der Waals surface area contributed by atoms with E-state index in [4.69, 9.17) is 0 Å². The lowest BCUT2D eigenvalue weighted by Gasteiger charge is -2.00. The summed E-state index contributed by atoms with van der Waals surface area (Å²) in [5, 5.41) is 0. The molecule has 0 aliphatic rings. The van der Waals surface area contributed by atoms with Crippen LogP contribution in [0.2, 0.25) is 0 Å². The van der Waals surface area contributed by atoms with Gasteiger partial charge in [0.2, 0.25) is 0 Å². The maximum atomic E-state index is 11.1. The first-order valence-corrected chi connectivity index (χ1v) is 5.05. The van der Waals surface area contributed by atoms with Gasteiger partial charge in [-0.05, 0) is 18.8 Å². The standard InChI is InChI=1S/C12H20O2/c1-5-11(12(13)14-4)9-7-6-8-10(2)3/h6-7,9-10H,5,8H2,1-4H3. The Morgan fingerprint density at radius 2 is 2.07 bits per heavy atom. The van der Waals surface area contributed by atoms with Gasteiger partial charge in [-0.3, -0.25) is 0 Å². The zero-order valence-electron chi connectivity index (χ0n) is 9.54. The third-order valence-corrected chi connectivity index (χ3v) is 1.87. The summed E-state index contributed by atoms with van der Waals surface area (Å²) in [7, 11) is 1.41. The van der Waals surface area contributed by atoms with Gasteiger partial charge in [0.15, 0.2) is 0 Å². The fraction of sp³-hybridized carbons (Fsp3) is 0.583. The van der Waals surface area contributed by atoms with Crippen molar-refractivity contribution in [3.63, 3.8) is 0 Å². The number of methoxy groups -OCH3 is 1. The predicted octanol–water partition coefficient (Wildman–Crippen LogP) is 3.10. The number of carbonyl (C=O) groups excluding carboxylic acids is 1. The lowest BCUT2D eigenvalue weighted by atomic mass is 10.1. The predicted molar refractivity (Wildman–Crippen MR) is 59.0 cm³/mol. The minimum absolute atomic E-state index is 0.235. The summed E-state index contributed by atoms with van der Waals surface area (Å²) in [5.74, 6) is 0.421. The van der Waals surface area contributed by atoms with E-state index in [-0.39, 0.29) is 5.97 Å². The summed E-state index contributed by atoms with van der Waals surface area (Å²) in [6.07, 6.45) is 7.57. The molecule has 0 spiro atoms. The Labute approximate surface area is 86.6 Å². The molecular formula is C12H20O2. The normalized spacial score (nSPS) is 12.5. The van der Waals surface area contributed by atoms with E-state index in [9.17, 15) is 4.79 Å². The molecule has 0 amide bonds. The van der Waals surface area contributed by atoms with Crippen LogP contribution >= 0.6 is 0 Å². The lowest BCUT2D eigenvalue weighted by molar-refractivity contribution is -0.136. The van der Waals surface area contributed by atoms with Crippen LogP contribution in [0.15, 0.2) is 23.8 Å². The Hall–Kier alpha value is -1.05. The van der Waals surface area contributed by atoms with Gasteiger partial charge in [-0.1, -0.05) is 39.0 Å². The largest absolute Gasteiger partial charge is 0.466 e. The first kappa shape index (κ1) is 12.9. The van der Waals surface area contributed by atoms with E-state index in [0.717, 1.165) is 6.42 Å². The maximum absolute atomic E-state index is 11.1. The Morgan fingerprint density at radius 1 is 1.43 bits per heavy atom. The number of hydrogen-bond donors (Lipinski definition) is 0. The molecule has 14 heavy (non-hydrogen) atoms. The Balaban J connectivity index is 4.17. The highest BCUT2D eigenvalue weighted by Crippen LogP contribution is 2.05. The Bertz CT molecular complexity index is 224. The molecule has 0 bridgehead atoms. The summed E-state index contributed by atoms with van der Waals surface area (Å²) in [5.41, 5.74) is 0.715. The van der Waals surface area contributed by atoms with Crippen molar-refractivity contribution in [1.82, 2.24) is 0 Å². The molecule has 0 aliphatic carbocycles. The molecule has 80 valence electrons. The fourth-order valence-electron chi connectivity index (χ4n) is 0.996. The molecule has 0 radical (unpaired) electrons. The van der Waals surface area contributed by atoms with Crippen molar-refractivity contribution in [3.05, 3.63) is 23.8 Å². The number of carbonyl (C=O) groups is 1. The van der Waals surface area contributed by atoms with Crippen molar-refractivity contribution in [1.29, 1.82) is 0 Å². The lowest BCUT2D eigenvalue weighted by Crippen LogP contribution is -2.03. The van der Waals surface area contributed by atoms with E-state index >= 15 is 0 Å². The number of ether oxygens (including phenoxy) is 1. The number of esters is 1. The van der Waals surface area contributed by atoms with Crippen molar-refractivity contribution in [2.45, 2.75) is 33.6 Å². The first-order valence-electron chi connectivity index (χ1n) is 5.05. The molecule has 0 saturated carbocycles. The summed E-state index contributed by atoms with van der Waals surface area (Å²) < 4.78 is 4.64. The summed E-state index contributed by atoms with van der Waals surface area (Å²) in [6.45, 7) is 6.27. The van der Waals surface area contributed by atoms with Gasteiger partial charge in [0.05, 0.1) is 7.11 Å². The van der Waals surface area contributed by atoms with Crippen molar-refractivity contribution in [2.24, 2.45) is 5.92 Å². The van der Waals surface area contributed by atoms with Crippen LogP contribution in [0.1, 0.15) is 33.6 Å². The summed E-state index contributed by atoms with van der Waals surface area (Å²) in [4.78, 5) is 11.1. The molecule has 0 N–H and O–H groups in total. The average Bonchev–Trinajstić information content (AvgIpc) is 2.16. The van der Waals surface area contributed by atoms with E-state index in [0.29, 0.717) is 17.9 Å². The molecule has 0 saturated heterocycles. The van der Waals surface area contributed by atoms with Gasteiger partial charge in [-0.2, -0.15) is 0 Å². The second kappa shape index (κ2) is 7.36. The van der Waals surface area contributed by atoms with Gasteiger partial charge in [0, 0.05) is 5.57 Å². The van der Waals surface area contributed by atoms with Crippen LogP contribution in [0.4, 0.5) is 0 Å². The zero-order valence-corrected chi connectivity index (χ0v) is 9.54. The average molecular weight is 196 g/mol. The molecule has 0 atom stereocenters. The molecule has 0 aromatic rings. The van der Waals surface area contributed by atoms with Crippen molar-refractivity contribution in [3.8, 4) is 0 Å². The number of allylic oxidation sites excluding steroid dienone is 3. The van der Waals surface area contributed by atoms with Crippen molar-refractivity contribution >= 4 is 5.97 Å². The Kier molecular flexibility index (Phi) is 6.81. The highest BCUT2D eigenvalue weighted by Gasteiger charge is 2.04. The van der Waals surface area contributed by atoms with E-state index in [1.54, 1.807) is 0 Å². The monoisotopic (exact) mass is 196 g/mol. The zero-order chi connectivity index (χ0) is 11.0. The fourth-order valence-corrected chi connectivity index (χ4v) is 0.996. The molecule has 0 rings (SSSR count). The van der Waals surface area contributed by atoms with Crippen LogP contribution in [0.3, 0.4) is 0 Å². The molecule has 2 heteroatoms. The molecule has 0 unspecified atom stereocenters. The molecule has 2 nitrogen and oxygen atoms in total. The minimum Gasteiger partial charge on any atom is -0.466 e. The van der Waals surface area contributed by atoms with E-state index in [2.05, 4.69) is 24.7 Å². The highest BCUT2D eigenvalue weighted by atomic mass is 16.5. The third kappa shape index (κ3) is 5.57. The van der Waals surface area contributed by atoms with Gasteiger partial charge in [0.1, 0.15) is 0 Å². The molecule has 0 aromatic carbocycles. The van der Waals surface area contributed by atoms with Crippen LogP contribution in [0.5, 0.6) is 0 Å². The highest BCUT2D eigenvalue weighted by molar-refractivity contribution is 5.88. The van der Waals surface area contributed by atoms with Crippen LogP contribution < -0.4 is 0 Å². The van der Waals surface area contributed by atoms with Gasteiger partial charge in [0.25, 0.3) is 0 Å². The summed E-state index contributed by atoms with van der Waals surface area (Å²) >= 11 is 0. The van der Waals surface area contributed by atoms with E-state index < -0.39 is 0 Å². The first-order chi connectivity index (χ1) is 6.61. The Morgan fingerprint density at radius 3 is 2.50 bits per heavy atom. The number of hydrogen-bond acceptors (Lipinski definition) is 2. The minimum atomic E-state index is -0.235. The van der Waals surface area contributed by atoms with E-state index in [1.807, 2.05) is 19.1 Å². The van der Waals surface area contributed by atoms with Crippen molar-refractivity contribution < 1.29 is 9.53 Å². The number of rotatable bonds is 5. The molecule has 0 aliphatic heterocycles. The topological polar surface area (TPSA) is 26.3 Å². The second-order valence-electron chi connectivity index (χ2n) is 3.59. The van der Waals surface area contributed by atoms with Crippen LogP contribution in [-0.4, -0.2) is 13.1 Å². The van der Waals surface area contributed by atoms with Crippen LogP contribution in [0, 0.1) is 5.92 Å².